The SMILES string of the molecule is CC(NC1CCOC2(CCCC2)C1)c1ccc(F)cc1. The molecule has 0 aromatic heterocycles. The predicted octanol–water partition coefficient (Wildman–Crippen LogP) is 3.97. The Labute approximate surface area is 120 Å². The van der Waals surface area contributed by atoms with E-state index in [-0.39, 0.29) is 17.5 Å². The van der Waals surface area contributed by atoms with Crippen LogP contribution in [0.15, 0.2) is 24.3 Å². The van der Waals surface area contributed by atoms with Gasteiger partial charge in [0.1, 0.15) is 5.82 Å². The third-order valence-electron chi connectivity index (χ3n) is 4.86. The second kappa shape index (κ2) is 5.82. The maximum atomic E-state index is 13.0. The lowest BCUT2D eigenvalue weighted by Crippen LogP contribution is -2.46. The highest BCUT2D eigenvalue weighted by molar-refractivity contribution is 5.19. The Hall–Kier alpha value is -0.930. The van der Waals surface area contributed by atoms with Crippen molar-refractivity contribution in [1.82, 2.24) is 5.32 Å². The largest absolute Gasteiger partial charge is 0.375 e. The first kappa shape index (κ1) is 14.0. The second-order valence-corrected chi connectivity index (χ2v) is 6.37. The molecule has 1 aliphatic carbocycles. The van der Waals surface area contributed by atoms with Gasteiger partial charge in [0.05, 0.1) is 5.60 Å². The summed E-state index contributed by atoms with van der Waals surface area (Å²) in [6.45, 7) is 3.03. The summed E-state index contributed by atoms with van der Waals surface area (Å²) in [7, 11) is 0. The van der Waals surface area contributed by atoms with E-state index in [9.17, 15) is 4.39 Å². The summed E-state index contributed by atoms with van der Waals surface area (Å²) in [4.78, 5) is 0. The molecule has 2 unspecified atom stereocenters. The lowest BCUT2D eigenvalue weighted by atomic mass is 9.88. The highest BCUT2D eigenvalue weighted by atomic mass is 19.1. The fourth-order valence-corrected chi connectivity index (χ4v) is 3.74. The van der Waals surface area contributed by atoms with E-state index in [0.29, 0.717) is 6.04 Å². The van der Waals surface area contributed by atoms with Gasteiger partial charge in [0, 0.05) is 18.7 Å². The summed E-state index contributed by atoms with van der Waals surface area (Å²) in [6, 6.07) is 7.60. The first-order valence-corrected chi connectivity index (χ1v) is 7.82. The van der Waals surface area contributed by atoms with Gasteiger partial charge in [-0.15, -0.1) is 0 Å². The number of hydrogen-bond donors (Lipinski definition) is 1. The molecule has 1 aliphatic heterocycles. The van der Waals surface area contributed by atoms with E-state index in [0.717, 1.165) is 25.0 Å². The van der Waals surface area contributed by atoms with Crippen LogP contribution in [0.4, 0.5) is 4.39 Å². The Balaban J connectivity index is 1.60. The molecule has 1 saturated heterocycles. The van der Waals surface area contributed by atoms with E-state index in [1.165, 1.54) is 37.8 Å². The molecule has 1 aromatic rings. The molecule has 1 saturated carbocycles. The van der Waals surface area contributed by atoms with Crippen molar-refractivity contribution in [1.29, 1.82) is 0 Å². The smallest absolute Gasteiger partial charge is 0.123 e. The molecule has 1 spiro atoms. The molecule has 0 amide bonds. The van der Waals surface area contributed by atoms with Crippen molar-refractivity contribution in [2.24, 2.45) is 0 Å². The van der Waals surface area contributed by atoms with E-state index in [4.69, 9.17) is 4.74 Å². The molecule has 2 atom stereocenters. The van der Waals surface area contributed by atoms with Crippen LogP contribution >= 0.6 is 0 Å². The molecule has 0 bridgehead atoms. The van der Waals surface area contributed by atoms with Crippen LogP contribution in [-0.2, 0) is 4.74 Å². The molecular weight excluding hydrogens is 253 g/mol. The summed E-state index contributed by atoms with van der Waals surface area (Å²) >= 11 is 0. The molecular formula is C17H24FNO. The van der Waals surface area contributed by atoms with Gasteiger partial charge in [-0.1, -0.05) is 25.0 Å². The van der Waals surface area contributed by atoms with E-state index in [1.54, 1.807) is 0 Å². The fourth-order valence-electron chi connectivity index (χ4n) is 3.74. The summed E-state index contributed by atoms with van der Waals surface area (Å²) in [6.07, 6.45) is 7.25. The Morgan fingerprint density at radius 1 is 1.25 bits per heavy atom. The van der Waals surface area contributed by atoms with Crippen molar-refractivity contribution in [2.45, 2.75) is 63.1 Å². The van der Waals surface area contributed by atoms with Gasteiger partial charge in [-0.3, -0.25) is 0 Å². The zero-order valence-electron chi connectivity index (χ0n) is 12.2. The minimum Gasteiger partial charge on any atom is -0.375 e. The standard InChI is InChI=1S/C17H24FNO/c1-13(14-4-6-15(18)7-5-14)19-16-8-11-20-17(12-16)9-2-3-10-17/h4-7,13,16,19H,2-3,8-12H2,1H3. The van der Waals surface area contributed by atoms with Gasteiger partial charge >= 0.3 is 0 Å². The minimum absolute atomic E-state index is 0.151. The maximum Gasteiger partial charge on any atom is 0.123 e. The summed E-state index contributed by atoms with van der Waals surface area (Å²) in [5.41, 5.74) is 1.30. The zero-order valence-corrected chi connectivity index (χ0v) is 12.2. The molecule has 2 nitrogen and oxygen atoms in total. The molecule has 1 N–H and O–H groups in total. The Bertz CT molecular complexity index is 439. The molecule has 1 heterocycles. The minimum atomic E-state index is -0.170. The number of rotatable bonds is 3. The van der Waals surface area contributed by atoms with Gasteiger partial charge in [0.25, 0.3) is 0 Å². The van der Waals surface area contributed by atoms with Gasteiger partial charge in [-0.05, 0) is 50.3 Å². The number of hydrogen-bond acceptors (Lipinski definition) is 2. The summed E-state index contributed by atoms with van der Waals surface area (Å²) in [5, 5.41) is 3.70. The van der Waals surface area contributed by atoms with E-state index in [1.807, 2.05) is 12.1 Å². The zero-order chi connectivity index (χ0) is 14.0. The van der Waals surface area contributed by atoms with Crippen LogP contribution in [0.2, 0.25) is 0 Å². The van der Waals surface area contributed by atoms with Gasteiger partial charge in [-0.2, -0.15) is 0 Å². The first-order chi connectivity index (χ1) is 9.67. The average Bonchev–Trinajstić information content (AvgIpc) is 2.87. The van der Waals surface area contributed by atoms with Crippen LogP contribution in [-0.4, -0.2) is 18.2 Å². The van der Waals surface area contributed by atoms with Crippen LogP contribution in [0.5, 0.6) is 0 Å². The Kier molecular flexibility index (Phi) is 4.08. The topological polar surface area (TPSA) is 21.3 Å². The normalized spacial score (nSPS) is 26.8. The van der Waals surface area contributed by atoms with Crippen LogP contribution < -0.4 is 5.32 Å². The fraction of sp³-hybridized carbons (Fsp3) is 0.647. The van der Waals surface area contributed by atoms with Crippen LogP contribution in [0.25, 0.3) is 0 Å². The third-order valence-corrected chi connectivity index (χ3v) is 4.86. The van der Waals surface area contributed by atoms with Crippen molar-refractivity contribution in [3.05, 3.63) is 35.6 Å². The van der Waals surface area contributed by atoms with Crippen molar-refractivity contribution in [3.8, 4) is 0 Å². The molecule has 110 valence electrons. The van der Waals surface area contributed by atoms with Gasteiger partial charge in [0.2, 0.25) is 0 Å². The van der Waals surface area contributed by atoms with Gasteiger partial charge in [0.15, 0.2) is 0 Å². The van der Waals surface area contributed by atoms with Crippen molar-refractivity contribution in [2.75, 3.05) is 6.61 Å². The molecule has 20 heavy (non-hydrogen) atoms. The second-order valence-electron chi connectivity index (χ2n) is 6.37. The van der Waals surface area contributed by atoms with E-state index < -0.39 is 0 Å². The highest BCUT2D eigenvalue weighted by Gasteiger charge is 2.40. The maximum absolute atomic E-state index is 13.0. The highest BCUT2D eigenvalue weighted by Crippen LogP contribution is 2.40. The molecule has 0 radical (unpaired) electrons. The summed E-state index contributed by atoms with van der Waals surface area (Å²) < 4.78 is 19.0. The van der Waals surface area contributed by atoms with Crippen molar-refractivity contribution < 1.29 is 9.13 Å². The monoisotopic (exact) mass is 277 g/mol. The third kappa shape index (κ3) is 3.04. The number of benzene rings is 1. The average molecular weight is 277 g/mol. The Morgan fingerprint density at radius 3 is 2.65 bits per heavy atom. The molecule has 2 aliphatic rings. The quantitative estimate of drug-likeness (QED) is 0.902. The number of nitrogens with one attached hydrogen (secondary N) is 1. The van der Waals surface area contributed by atoms with Crippen molar-refractivity contribution >= 4 is 0 Å². The summed E-state index contributed by atoms with van der Waals surface area (Å²) in [5.74, 6) is -0.170. The van der Waals surface area contributed by atoms with E-state index in [2.05, 4.69) is 12.2 Å². The van der Waals surface area contributed by atoms with Crippen molar-refractivity contribution in [3.63, 3.8) is 0 Å². The first-order valence-electron chi connectivity index (χ1n) is 7.82. The number of ether oxygens (including phenoxy) is 1. The van der Waals surface area contributed by atoms with Gasteiger partial charge < -0.3 is 10.1 Å². The molecule has 3 rings (SSSR count). The molecule has 2 fully saturated rings. The lowest BCUT2D eigenvalue weighted by molar-refractivity contribution is -0.0846. The molecule has 1 aromatic carbocycles. The van der Waals surface area contributed by atoms with Crippen LogP contribution in [0.3, 0.4) is 0 Å². The predicted molar refractivity (Wildman–Crippen MR) is 78.1 cm³/mol. The van der Waals surface area contributed by atoms with Crippen LogP contribution in [0.1, 0.15) is 57.1 Å². The number of halogens is 1. The lowest BCUT2D eigenvalue weighted by Gasteiger charge is -2.39. The van der Waals surface area contributed by atoms with Crippen LogP contribution in [0, 0.1) is 5.82 Å². The van der Waals surface area contributed by atoms with Gasteiger partial charge in [-0.25, -0.2) is 4.39 Å². The molecule has 3 heteroatoms. The Morgan fingerprint density at radius 2 is 1.95 bits per heavy atom. The van der Waals surface area contributed by atoms with E-state index >= 15 is 0 Å².